The standard InChI is InChI=1S/C19H17ClN4O/c1-13-8-9-14(20)10-16(13)23-18-11-17(21-12-22-18)19(25)24(2)15-6-4-3-5-7-15/h3-12H,1-2H3,(H,21,22,23). The first-order chi connectivity index (χ1) is 12.0. The lowest BCUT2D eigenvalue weighted by atomic mass is 10.2. The summed E-state index contributed by atoms with van der Waals surface area (Å²) in [6, 6.07) is 16.6. The summed E-state index contributed by atoms with van der Waals surface area (Å²) in [7, 11) is 1.72. The van der Waals surface area contributed by atoms with Crippen molar-refractivity contribution in [3.63, 3.8) is 0 Å². The predicted molar refractivity (Wildman–Crippen MR) is 101 cm³/mol. The van der Waals surface area contributed by atoms with Crippen molar-refractivity contribution in [1.29, 1.82) is 0 Å². The van der Waals surface area contributed by atoms with Gasteiger partial charge in [0.2, 0.25) is 0 Å². The summed E-state index contributed by atoms with van der Waals surface area (Å²) < 4.78 is 0. The lowest BCUT2D eigenvalue weighted by molar-refractivity contribution is 0.0988. The third-order valence-electron chi connectivity index (χ3n) is 3.80. The molecule has 0 saturated heterocycles. The van der Waals surface area contributed by atoms with E-state index in [1.165, 1.54) is 6.33 Å². The highest BCUT2D eigenvalue weighted by Crippen LogP contribution is 2.23. The Labute approximate surface area is 151 Å². The minimum Gasteiger partial charge on any atom is -0.340 e. The first-order valence-corrected chi connectivity index (χ1v) is 8.11. The highest BCUT2D eigenvalue weighted by atomic mass is 35.5. The average Bonchev–Trinajstić information content (AvgIpc) is 2.64. The molecule has 0 spiro atoms. The van der Waals surface area contributed by atoms with Gasteiger partial charge in [0.1, 0.15) is 17.8 Å². The quantitative estimate of drug-likeness (QED) is 0.753. The average molecular weight is 353 g/mol. The van der Waals surface area contributed by atoms with Gasteiger partial charge in [-0.1, -0.05) is 35.9 Å². The van der Waals surface area contributed by atoms with Crippen LogP contribution in [0.15, 0.2) is 60.9 Å². The molecule has 0 aliphatic heterocycles. The zero-order valence-corrected chi connectivity index (χ0v) is 14.7. The van der Waals surface area contributed by atoms with Crippen LogP contribution in [0.3, 0.4) is 0 Å². The Morgan fingerprint density at radius 1 is 1.08 bits per heavy atom. The van der Waals surface area contributed by atoms with E-state index in [0.717, 1.165) is 16.9 Å². The van der Waals surface area contributed by atoms with Gasteiger partial charge in [-0.25, -0.2) is 9.97 Å². The van der Waals surface area contributed by atoms with E-state index >= 15 is 0 Å². The Morgan fingerprint density at radius 3 is 2.60 bits per heavy atom. The van der Waals surface area contributed by atoms with Crippen LogP contribution in [0.4, 0.5) is 17.2 Å². The van der Waals surface area contributed by atoms with Crippen LogP contribution in [-0.2, 0) is 0 Å². The Hall–Kier alpha value is -2.92. The number of amides is 1. The lowest BCUT2D eigenvalue weighted by Gasteiger charge is -2.17. The van der Waals surface area contributed by atoms with Gasteiger partial charge in [0, 0.05) is 29.5 Å². The van der Waals surface area contributed by atoms with Gasteiger partial charge in [0.25, 0.3) is 5.91 Å². The van der Waals surface area contributed by atoms with Gasteiger partial charge in [0.05, 0.1) is 0 Å². The topological polar surface area (TPSA) is 58.1 Å². The molecule has 0 radical (unpaired) electrons. The van der Waals surface area contributed by atoms with Gasteiger partial charge in [-0.05, 0) is 36.8 Å². The molecule has 1 amide bonds. The van der Waals surface area contributed by atoms with Gasteiger partial charge in [-0.3, -0.25) is 4.79 Å². The zero-order valence-electron chi connectivity index (χ0n) is 13.9. The SMILES string of the molecule is Cc1ccc(Cl)cc1Nc1cc(C(=O)N(C)c2ccccc2)ncn1. The molecule has 1 heterocycles. The second kappa shape index (κ2) is 7.32. The van der Waals surface area contributed by atoms with Crippen molar-refractivity contribution in [3.05, 3.63) is 77.2 Å². The minimum atomic E-state index is -0.209. The fourth-order valence-electron chi connectivity index (χ4n) is 2.35. The smallest absolute Gasteiger partial charge is 0.276 e. The Bertz CT molecular complexity index is 899. The Kier molecular flexibility index (Phi) is 4.95. The predicted octanol–water partition coefficient (Wildman–Crippen LogP) is 4.46. The summed E-state index contributed by atoms with van der Waals surface area (Å²) in [5, 5.41) is 3.81. The fraction of sp³-hybridized carbons (Fsp3) is 0.105. The molecule has 2 aromatic carbocycles. The number of para-hydroxylation sites is 1. The van der Waals surface area contributed by atoms with Crippen LogP contribution in [-0.4, -0.2) is 22.9 Å². The van der Waals surface area contributed by atoms with Crippen molar-refractivity contribution >= 4 is 34.7 Å². The summed E-state index contributed by atoms with van der Waals surface area (Å²) in [6.45, 7) is 1.97. The van der Waals surface area contributed by atoms with Crippen molar-refractivity contribution in [2.45, 2.75) is 6.92 Å². The third-order valence-corrected chi connectivity index (χ3v) is 4.03. The molecule has 1 N–H and O–H groups in total. The number of carbonyl (C=O) groups is 1. The second-order valence-electron chi connectivity index (χ2n) is 5.57. The van der Waals surface area contributed by atoms with Crippen molar-refractivity contribution in [2.75, 3.05) is 17.3 Å². The first kappa shape index (κ1) is 16.9. The van der Waals surface area contributed by atoms with Crippen molar-refractivity contribution in [2.24, 2.45) is 0 Å². The summed E-state index contributed by atoms with van der Waals surface area (Å²) in [5.41, 5.74) is 2.97. The first-order valence-electron chi connectivity index (χ1n) is 7.73. The fourth-order valence-corrected chi connectivity index (χ4v) is 2.52. The molecule has 1 aromatic heterocycles. The molecule has 0 bridgehead atoms. The second-order valence-corrected chi connectivity index (χ2v) is 6.01. The molecule has 5 nitrogen and oxygen atoms in total. The van der Waals surface area contributed by atoms with E-state index in [0.29, 0.717) is 16.5 Å². The number of nitrogens with zero attached hydrogens (tertiary/aromatic N) is 3. The molecule has 0 unspecified atom stereocenters. The number of anilines is 3. The zero-order chi connectivity index (χ0) is 17.8. The summed E-state index contributed by atoms with van der Waals surface area (Å²) in [5.74, 6) is 0.324. The number of hydrogen-bond acceptors (Lipinski definition) is 4. The van der Waals surface area contributed by atoms with E-state index in [1.807, 2.05) is 55.5 Å². The van der Waals surface area contributed by atoms with Gasteiger partial charge < -0.3 is 10.2 Å². The summed E-state index contributed by atoms with van der Waals surface area (Å²) in [6.07, 6.45) is 1.37. The van der Waals surface area contributed by atoms with E-state index in [1.54, 1.807) is 18.0 Å². The summed E-state index contributed by atoms with van der Waals surface area (Å²) >= 11 is 6.04. The molecular weight excluding hydrogens is 336 g/mol. The number of hydrogen-bond donors (Lipinski definition) is 1. The molecule has 6 heteroatoms. The number of halogens is 1. The maximum absolute atomic E-state index is 12.7. The Balaban J connectivity index is 1.84. The molecule has 0 aliphatic carbocycles. The van der Waals surface area contributed by atoms with Crippen LogP contribution in [0.25, 0.3) is 0 Å². The van der Waals surface area contributed by atoms with Crippen LogP contribution in [0, 0.1) is 6.92 Å². The molecule has 3 aromatic rings. The number of benzene rings is 2. The highest BCUT2D eigenvalue weighted by Gasteiger charge is 2.15. The molecular formula is C19H17ClN4O. The van der Waals surface area contributed by atoms with Gasteiger partial charge in [-0.15, -0.1) is 0 Å². The number of aryl methyl sites for hydroxylation is 1. The number of carbonyl (C=O) groups excluding carboxylic acids is 1. The van der Waals surface area contributed by atoms with E-state index in [-0.39, 0.29) is 5.91 Å². The minimum absolute atomic E-state index is 0.209. The third kappa shape index (κ3) is 3.95. The largest absolute Gasteiger partial charge is 0.340 e. The van der Waals surface area contributed by atoms with Crippen molar-refractivity contribution < 1.29 is 4.79 Å². The maximum Gasteiger partial charge on any atom is 0.276 e. The maximum atomic E-state index is 12.7. The normalized spacial score (nSPS) is 10.4. The van der Waals surface area contributed by atoms with Crippen LogP contribution in [0.2, 0.25) is 5.02 Å². The van der Waals surface area contributed by atoms with Crippen LogP contribution in [0.1, 0.15) is 16.1 Å². The van der Waals surface area contributed by atoms with Crippen LogP contribution in [0.5, 0.6) is 0 Å². The van der Waals surface area contributed by atoms with Crippen molar-refractivity contribution in [3.8, 4) is 0 Å². The molecule has 0 fully saturated rings. The summed E-state index contributed by atoms with van der Waals surface area (Å²) in [4.78, 5) is 22.5. The van der Waals surface area contributed by atoms with E-state index in [9.17, 15) is 4.79 Å². The van der Waals surface area contributed by atoms with E-state index < -0.39 is 0 Å². The number of nitrogens with one attached hydrogen (secondary N) is 1. The molecule has 0 atom stereocenters. The van der Waals surface area contributed by atoms with Crippen LogP contribution >= 0.6 is 11.6 Å². The molecule has 3 rings (SSSR count). The van der Waals surface area contributed by atoms with Crippen LogP contribution < -0.4 is 10.2 Å². The molecule has 126 valence electrons. The van der Waals surface area contributed by atoms with E-state index in [4.69, 9.17) is 11.6 Å². The number of aromatic nitrogens is 2. The number of rotatable bonds is 4. The van der Waals surface area contributed by atoms with Gasteiger partial charge >= 0.3 is 0 Å². The van der Waals surface area contributed by atoms with E-state index in [2.05, 4.69) is 15.3 Å². The molecule has 0 aliphatic rings. The Morgan fingerprint density at radius 2 is 1.84 bits per heavy atom. The molecule has 25 heavy (non-hydrogen) atoms. The van der Waals surface area contributed by atoms with Gasteiger partial charge in [0.15, 0.2) is 0 Å². The van der Waals surface area contributed by atoms with Crippen molar-refractivity contribution in [1.82, 2.24) is 9.97 Å². The lowest BCUT2D eigenvalue weighted by Crippen LogP contribution is -2.27. The molecule has 0 saturated carbocycles. The van der Waals surface area contributed by atoms with Gasteiger partial charge in [-0.2, -0.15) is 0 Å². The monoisotopic (exact) mass is 352 g/mol. The highest BCUT2D eigenvalue weighted by molar-refractivity contribution is 6.30.